The average Bonchev–Trinajstić information content (AvgIpc) is 3.09. The summed E-state index contributed by atoms with van der Waals surface area (Å²) in [7, 11) is 1.71. The van der Waals surface area contributed by atoms with Crippen LogP contribution < -0.4 is 5.76 Å². The smallest absolute Gasteiger partial charge is 0.408 e. The maximum absolute atomic E-state index is 12.6. The summed E-state index contributed by atoms with van der Waals surface area (Å²) in [4.78, 5) is 12.6. The zero-order chi connectivity index (χ0) is 22.0. The van der Waals surface area contributed by atoms with Crippen molar-refractivity contribution in [3.63, 3.8) is 0 Å². The molecule has 1 aromatic carbocycles. The standard InChI is InChI=1S/C25H34N2O4/c1-17-14-22-23(15-18(17)16-26)31-24(28)27(22)20-6-4-19(5-7-20)25(2)10-8-21(9-11-25)30-13-12-29-3/h14-15,19-21H,4-13H2,1-3H3. The molecule has 0 amide bonds. The van der Waals surface area contributed by atoms with Gasteiger partial charge in [-0.3, -0.25) is 4.57 Å². The van der Waals surface area contributed by atoms with Gasteiger partial charge < -0.3 is 13.9 Å². The lowest BCUT2D eigenvalue weighted by molar-refractivity contribution is -0.0373. The zero-order valence-corrected chi connectivity index (χ0v) is 19.0. The topological polar surface area (TPSA) is 77.4 Å². The van der Waals surface area contributed by atoms with E-state index < -0.39 is 0 Å². The van der Waals surface area contributed by atoms with Gasteiger partial charge in [0.2, 0.25) is 0 Å². The van der Waals surface area contributed by atoms with Crippen LogP contribution in [0.15, 0.2) is 21.3 Å². The summed E-state index contributed by atoms with van der Waals surface area (Å²) in [5, 5.41) is 9.26. The maximum Gasteiger partial charge on any atom is 0.420 e. The van der Waals surface area contributed by atoms with Crippen LogP contribution in [0.2, 0.25) is 0 Å². The Morgan fingerprint density at radius 1 is 1.16 bits per heavy atom. The van der Waals surface area contributed by atoms with Crippen molar-refractivity contribution in [1.29, 1.82) is 5.26 Å². The molecular formula is C25H34N2O4. The van der Waals surface area contributed by atoms with E-state index in [1.54, 1.807) is 13.2 Å². The Morgan fingerprint density at radius 2 is 1.87 bits per heavy atom. The number of aromatic nitrogens is 1. The normalized spacial score (nSPS) is 29.2. The molecule has 168 valence electrons. The summed E-state index contributed by atoms with van der Waals surface area (Å²) in [6.45, 7) is 5.71. The molecular weight excluding hydrogens is 392 g/mol. The van der Waals surface area contributed by atoms with Crippen molar-refractivity contribution in [3.8, 4) is 6.07 Å². The number of hydrogen-bond acceptors (Lipinski definition) is 5. The third kappa shape index (κ3) is 4.44. The fourth-order valence-corrected chi connectivity index (χ4v) is 5.81. The first-order chi connectivity index (χ1) is 14.9. The highest BCUT2D eigenvalue weighted by Crippen LogP contribution is 2.50. The summed E-state index contributed by atoms with van der Waals surface area (Å²) in [5.41, 5.74) is 3.16. The molecule has 0 bridgehead atoms. The largest absolute Gasteiger partial charge is 0.420 e. The Bertz CT molecular complexity index is 999. The second-order valence-corrected chi connectivity index (χ2v) is 9.71. The Balaban J connectivity index is 1.40. The molecule has 4 rings (SSSR count). The van der Waals surface area contributed by atoms with Gasteiger partial charge in [-0.1, -0.05) is 6.92 Å². The second-order valence-electron chi connectivity index (χ2n) is 9.71. The van der Waals surface area contributed by atoms with Crippen LogP contribution in [0, 0.1) is 29.6 Å². The summed E-state index contributed by atoms with van der Waals surface area (Å²) in [6.07, 6.45) is 9.35. The number of nitrogens with zero attached hydrogens (tertiary/aromatic N) is 2. The molecule has 0 radical (unpaired) electrons. The summed E-state index contributed by atoms with van der Waals surface area (Å²) in [6, 6.07) is 5.97. The Kier molecular flexibility index (Phi) is 6.55. The van der Waals surface area contributed by atoms with Gasteiger partial charge in [0.25, 0.3) is 0 Å². The predicted octanol–water partition coefficient (Wildman–Crippen LogP) is 5.12. The van der Waals surface area contributed by atoms with Gasteiger partial charge in [-0.05, 0) is 81.3 Å². The third-order valence-corrected chi connectivity index (χ3v) is 7.84. The van der Waals surface area contributed by atoms with E-state index in [0.29, 0.717) is 41.8 Å². The van der Waals surface area contributed by atoms with Crippen molar-refractivity contribution in [2.45, 2.75) is 77.4 Å². The molecule has 2 aliphatic carbocycles. The van der Waals surface area contributed by atoms with Crippen LogP contribution in [0.1, 0.15) is 75.5 Å². The molecule has 1 aromatic heterocycles. The van der Waals surface area contributed by atoms with E-state index in [-0.39, 0.29) is 11.8 Å². The second kappa shape index (κ2) is 9.18. The van der Waals surface area contributed by atoms with Crippen molar-refractivity contribution in [3.05, 3.63) is 33.8 Å². The van der Waals surface area contributed by atoms with Gasteiger partial charge in [0, 0.05) is 19.2 Å². The van der Waals surface area contributed by atoms with E-state index in [2.05, 4.69) is 13.0 Å². The molecule has 0 spiro atoms. The minimum Gasteiger partial charge on any atom is -0.408 e. The van der Waals surface area contributed by atoms with Crippen LogP contribution in [0.5, 0.6) is 0 Å². The van der Waals surface area contributed by atoms with E-state index >= 15 is 0 Å². The first-order valence-electron chi connectivity index (χ1n) is 11.6. The predicted molar refractivity (Wildman–Crippen MR) is 119 cm³/mol. The van der Waals surface area contributed by atoms with E-state index in [0.717, 1.165) is 49.6 Å². The van der Waals surface area contributed by atoms with Gasteiger partial charge in [0.15, 0.2) is 5.58 Å². The number of ether oxygens (including phenoxy) is 2. The molecule has 0 aliphatic heterocycles. The maximum atomic E-state index is 12.6. The highest BCUT2D eigenvalue weighted by Gasteiger charge is 2.40. The molecule has 0 saturated heterocycles. The first-order valence-corrected chi connectivity index (χ1v) is 11.6. The van der Waals surface area contributed by atoms with Crippen LogP contribution in [-0.2, 0) is 9.47 Å². The van der Waals surface area contributed by atoms with Crippen LogP contribution in [0.3, 0.4) is 0 Å². The molecule has 0 N–H and O–H groups in total. The van der Waals surface area contributed by atoms with E-state index in [4.69, 9.17) is 13.9 Å². The molecule has 2 aromatic rings. The molecule has 6 nitrogen and oxygen atoms in total. The number of nitriles is 1. The van der Waals surface area contributed by atoms with Crippen molar-refractivity contribution < 1.29 is 13.9 Å². The summed E-state index contributed by atoms with van der Waals surface area (Å²) in [5.74, 6) is 0.400. The Morgan fingerprint density at radius 3 is 2.52 bits per heavy atom. The van der Waals surface area contributed by atoms with Crippen LogP contribution >= 0.6 is 0 Å². The van der Waals surface area contributed by atoms with Crippen LogP contribution in [0.4, 0.5) is 0 Å². The fourth-order valence-electron chi connectivity index (χ4n) is 5.81. The monoisotopic (exact) mass is 426 g/mol. The number of oxazole rings is 1. The van der Waals surface area contributed by atoms with Gasteiger partial charge >= 0.3 is 5.76 Å². The SMILES string of the molecule is COCCOC1CCC(C)(C2CCC(n3c(=O)oc4cc(C#N)c(C)cc43)CC2)CC1. The van der Waals surface area contributed by atoms with Crippen molar-refractivity contribution in [1.82, 2.24) is 4.57 Å². The first kappa shape index (κ1) is 22.1. The molecule has 2 fully saturated rings. The van der Waals surface area contributed by atoms with Gasteiger partial charge in [-0.2, -0.15) is 5.26 Å². The van der Waals surface area contributed by atoms with E-state index in [9.17, 15) is 10.1 Å². The minimum atomic E-state index is -0.298. The van der Waals surface area contributed by atoms with Gasteiger partial charge in [-0.25, -0.2) is 4.79 Å². The molecule has 6 heteroatoms. The quantitative estimate of drug-likeness (QED) is 0.599. The van der Waals surface area contributed by atoms with Crippen molar-refractivity contribution >= 4 is 11.1 Å². The molecule has 31 heavy (non-hydrogen) atoms. The number of methoxy groups -OCH3 is 1. The number of hydrogen-bond donors (Lipinski definition) is 0. The van der Waals surface area contributed by atoms with Gasteiger partial charge in [0.05, 0.1) is 36.5 Å². The number of fused-ring (bicyclic) bond motifs is 1. The minimum absolute atomic E-state index is 0.176. The lowest BCUT2D eigenvalue weighted by Crippen LogP contribution is -2.37. The number of aryl methyl sites for hydroxylation is 1. The van der Waals surface area contributed by atoms with Crippen LogP contribution in [-0.4, -0.2) is 31.0 Å². The molecule has 2 aliphatic rings. The summed E-state index contributed by atoms with van der Waals surface area (Å²) < 4.78 is 18.4. The molecule has 0 atom stereocenters. The van der Waals surface area contributed by atoms with Crippen molar-refractivity contribution in [2.24, 2.45) is 11.3 Å². The zero-order valence-electron chi connectivity index (χ0n) is 19.0. The molecule has 0 unspecified atom stereocenters. The number of rotatable bonds is 6. The van der Waals surface area contributed by atoms with E-state index in [1.165, 1.54) is 12.8 Å². The van der Waals surface area contributed by atoms with Gasteiger partial charge in [0.1, 0.15) is 0 Å². The lowest BCUT2D eigenvalue weighted by Gasteiger charge is -2.45. The molecule has 2 saturated carbocycles. The Labute approximate surface area is 184 Å². The van der Waals surface area contributed by atoms with Crippen LogP contribution in [0.25, 0.3) is 11.1 Å². The summed E-state index contributed by atoms with van der Waals surface area (Å²) >= 11 is 0. The Hall–Kier alpha value is -2.10. The fraction of sp³-hybridized carbons (Fsp3) is 0.680. The third-order valence-electron chi connectivity index (χ3n) is 7.84. The highest BCUT2D eigenvalue weighted by molar-refractivity contribution is 5.76. The average molecular weight is 427 g/mol. The van der Waals surface area contributed by atoms with E-state index in [1.807, 2.05) is 17.6 Å². The molecule has 1 heterocycles. The van der Waals surface area contributed by atoms with Crippen molar-refractivity contribution in [2.75, 3.05) is 20.3 Å². The highest BCUT2D eigenvalue weighted by atomic mass is 16.5. The number of benzene rings is 1. The lowest BCUT2D eigenvalue weighted by atomic mass is 9.62. The van der Waals surface area contributed by atoms with Gasteiger partial charge in [-0.15, -0.1) is 0 Å².